The first kappa shape index (κ1) is 16.8. The molecule has 0 radical (unpaired) electrons. The molecule has 1 unspecified atom stereocenters. The number of carbonyl (C=O) groups is 1. The van der Waals surface area contributed by atoms with Crippen LogP contribution in [0.1, 0.15) is 51.0 Å². The average Bonchev–Trinajstić information content (AvgIpc) is 2.96. The number of amides is 1. The molecule has 1 atom stereocenters. The lowest BCUT2D eigenvalue weighted by Gasteiger charge is -2.45. The predicted molar refractivity (Wildman–Crippen MR) is 93.9 cm³/mol. The van der Waals surface area contributed by atoms with Crippen molar-refractivity contribution in [1.29, 1.82) is 0 Å². The van der Waals surface area contributed by atoms with E-state index in [1.54, 1.807) is 0 Å². The Morgan fingerprint density at radius 2 is 2.09 bits per heavy atom. The zero-order valence-corrected chi connectivity index (χ0v) is 15.5. The SMILES string of the molecule is CC(C)(C)OC(=O)N1CCC(C2(C)NCCc3ccsc32)CC1. The molecule has 1 aromatic rings. The molecule has 1 amide bonds. The standard InChI is InChI=1S/C18H28N2O2S/c1-17(2,3)22-16(21)20-10-6-14(7-11-20)18(4)15-13(5-9-19-18)8-12-23-15/h8,12,14,19H,5-7,9-11H2,1-4H3. The van der Waals surface area contributed by atoms with Crippen LogP contribution in [0.3, 0.4) is 0 Å². The highest BCUT2D eigenvalue weighted by molar-refractivity contribution is 7.10. The molecule has 2 aliphatic heterocycles. The van der Waals surface area contributed by atoms with Crippen molar-refractivity contribution in [3.63, 3.8) is 0 Å². The summed E-state index contributed by atoms with van der Waals surface area (Å²) in [4.78, 5) is 15.6. The largest absolute Gasteiger partial charge is 0.444 e. The summed E-state index contributed by atoms with van der Waals surface area (Å²) in [5.74, 6) is 0.568. The minimum absolute atomic E-state index is 0.0573. The van der Waals surface area contributed by atoms with Crippen molar-refractivity contribution in [2.75, 3.05) is 19.6 Å². The van der Waals surface area contributed by atoms with Gasteiger partial charge in [0.15, 0.2) is 0 Å². The Bertz CT molecular complexity index is 570. The normalized spacial score (nSPS) is 26.0. The fraction of sp³-hybridized carbons (Fsp3) is 0.722. The van der Waals surface area contributed by atoms with E-state index in [-0.39, 0.29) is 11.6 Å². The Kier molecular flexibility index (Phi) is 4.45. The van der Waals surface area contributed by atoms with E-state index in [1.807, 2.05) is 37.0 Å². The molecule has 1 fully saturated rings. The van der Waals surface area contributed by atoms with E-state index in [0.29, 0.717) is 5.92 Å². The van der Waals surface area contributed by atoms with Crippen LogP contribution in [0.25, 0.3) is 0 Å². The van der Waals surface area contributed by atoms with Crippen molar-refractivity contribution in [1.82, 2.24) is 10.2 Å². The highest BCUT2D eigenvalue weighted by Gasteiger charge is 2.42. The smallest absolute Gasteiger partial charge is 0.410 e. The zero-order chi connectivity index (χ0) is 16.7. The maximum absolute atomic E-state index is 12.2. The molecule has 0 bridgehead atoms. The lowest BCUT2D eigenvalue weighted by Crippen LogP contribution is -2.53. The molecule has 0 spiro atoms. The summed E-state index contributed by atoms with van der Waals surface area (Å²) < 4.78 is 5.50. The van der Waals surface area contributed by atoms with E-state index in [2.05, 4.69) is 23.7 Å². The van der Waals surface area contributed by atoms with Gasteiger partial charge in [0.05, 0.1) is 5.54 Å². The molecule has 3 rings (SSSR count). The third-order valence-electron chi connectivity index (χ3n) is 5.07. The van der Waals surface area contributed by atoms with E-state index >= 15 is 0 Å². The molecule has 128 valence electrons. The lowest BCUT2D eigenvalue weighted by molar-refractivity contribution is 0.0133. The summed E-state index contributed by atoms with van der Waals surface area (Å²) in [6.07, 6.45) is 3.01. The molecule has 3 heterocycles. The monoisotopic (exact) mass is 336 g/mol. The van der Waals surface area contributed by atoms with Gasteiger partial charge in [-0.2, -0.15) is 0 Å². The molecule has 4 nitrogen and oxygen atoms in total. The van der Waals surface area contributed by atoms with Crippen molar-refractivity contribution >= 4 is 17.4 Å². The molecule has 23 heavy (non-hydrogen) atoms. The molecule has 0 saturated carbocycles. The fourth-order valence-electron chi connectivity index (χ4n) is 3.82. The molecule has 5 heteroatoms. The van der Waals surface area contributed by atoms with Crippen LogP contribution < -0.4 is 5.32 Å². The summed E-state index contributed by atoms with van der Waals surface area (Å²) in [5, 5.41) is 5.98. The summed E-state index contributed by atoms with van der Waals surface area (Å²) in [5.41, 5.74) is 1.14. The van der Waals surface area contributed by atoms with Crippen LogP contribution in [0.5, 0.6) is 0 Å². The van der Waals surface area contributed by atoms with Crippen molar-refractivity contribution in [2.45, 2.75) is 58.1 Å². The minimum atomic E-state index is -0.420. The summed E-state index contributed by atoms with van der Waals surface area (Å²) >= 11 is 1.87. The third-order valence-corrected chi connectivity index (χ3v) is 6.26. The van der Waals surface area contributed by atoms with Crippen LogP contribution in [0.4, 0.5) is 4.79 Å². The summed E-state index contributed by atoms with van der Waals surface area (Å²) in [6, 6.07) is 2.27. The molecular formula is C18H28N2O2S. The molecule has 2 aliphatic rings. The predicted octanol–water partition coefficient (Wildman–Crippen LogP) is 3.76. The van der Waals surface area contributed by atoms with Gasteiger partial charge in [-0.3, -0.25) is 0 Å². The Labute approximate surface area is 143 Å². The van der Waals surface area contributed by atoms with Gasteiger partial charge in [-0.1, -0.05) is 0 Å². The molecule has 1 aromatic heterocycles. The first-order valence-corrected chi connectivity index (χ1v) is 9.47. The Morgan fingerprint density at radius 3 is 2.74 bits per heavy atom. The number of fused-ring (bicyclic) bond motifs is 1. The molecular weight excluding hydrogens is 308 g/mol. The van der Waals surface area contributed by atoms with Gasteiger partial charge in [0, 0.05) is 24.5 Å². The van der Waals surface area contributed by atoms with E-state index < -0.39 is 5.60 Å². The topological polar surface area (TPSA) is 41.6 Å². The summed E-state index contributed by atoms with van der Waals surface area (Å²) in [7, 11) is 0. The first-order chi connectivity index (χ1) is 10.8. The van der Waals surface area contributed by atoms with Gasteiger partial charge in [-0.25, -0.2) is 4.79 Å². The highest BCUT2D eigenvalue weighted by atomic mass is 32.1. The molecule has 1 saturated heterocycles. The highest BCUT2D eigenvalue weighted by Crippen LogP contribution is 2.42. The Morgan fingerprint density at radius 1 is 1.39 bits per heavy atom. The quantitative estimate of drug-likeness (QED) is 0.849. The number of nitrogens with zero attached hydrogens (tertiary/aromatic N) is 1. The number of carbonyl (C=O) groups excluding carboxylic acids is 1. The van der Waals surface area contributed by atoms with Gasteiger partial charge in [0.2, 0.25) is 0 Å². The number of thiophene rings is 1. The Hall–Kier alpha value is -1.07. The van der Waals surface area contributed by atoms with E-state index in [0.717, 1.165) is 38.9 Å². The van der Waals surface area contributed by atoms with E-state index in [9.17, 15) is 4.79 Å². The van der Waals surface area contributed by atoms with Gasteiger partial charge in [-0.05, 0) is 69.9 Å². The maximum atomic E-state index is 12.2. The van der Waals surface area contributed by atoms with Gasteiger partial charge in [-0.15, -0.1) is 11.3 Å². The van der Waals surface area contributed by atoms with Gasteiger partial charge < -0.3 is 15.0 Å². The Balaban J connectivity index is 1.65. The minimum Gasteiger partial charge on any atom is -0.444 e. The number of likely N-dealkylation sites (tertiary alicyclic amines) is 1. The fourth-order valence-corrected chi connectivity index (χ4v) is 4.99. The number of hydrogen-bond acceptors (Lipinski definition) is 4. The van der Waals surface area contributed by atoms with Gasteiger partial charge >= 0.3 is 6.09 Å². The second-order valence-corrected chi connectivity index (χ2v) is 8.81. The number of rotatable bonds is 1. The summed E-state index contributed by atoms with van der Waals surface area (Å²) in [6.45, 7) is 10.7. The number of hydrogen-bond donors (Lipinski definition) is 1. The van der Waals surface area contributed by atoms with Gasteiger partial charge in [0.1, 0.15) is 5.60 Å². The van der Waals surface area contributed by atoms with Crippen LogP contribution in [-0.4, -0.2) is 36.2 Å². The molecule has 0 aliphatic carbocycles. The lowest BCUT2D eigenvalue weighted by atomic mass is 9.75. The second kappa shape index (κ2) is 6.10. The van der Waals surface area contributed by atoms with E-state index in [1.165, 1.54) is 10.4 Å². The van der Waals surface area contributed by atoms with Crippen LogP contribution in [0, 0.1) is 5.92 Å². The molecule has 0 aromatic carbocycles. The van der Waals surface area contributed by atoms with Crippen LogP contribution in [0.15, 0.2) is 11.4 Å². The van der Waals surface area contributed by atoms with Crippen LogP contribution in [-0.2, 0) is 16.7 Å². The van der Waals surface area contributed by atoms with E-state index in [4.69, 9.17) is 4.74 Å². The maximum Gasteiger partial charge on any atom is 0.410 e. The first-order valence-electron chi connectivity index (χ1n) is 8.59. The van der Waals surface area contributed by atoms with Crippen molar-refractivity contribution in [3.8, 4) is 0 Å². The van der Waals surface area contributed by atoms with Crippen molar-refractivity contribution < 1.29 is 9.53 Å². The van der Waals surface area contributed by atoms with Crippen molar-refractivity contribution in [3.05, 3.63) is 21.9 Å². The molecule has 1 N–H and O–H groups in total. The second-order valence-electron chi connectivity index (χ2n) is 7.90. The zero-order valence-electron chi connectivity index (χ0n) is 14.6. The van der Waals surface area contributed by atoms with Gasteiger partial charge in [0.25, 0.3) is 0 Å². The number of nitrogens with one attached hydrogen (secondary N) is 1. The van der Waals surface area contributed by atoms with Crippen LogP contribution in [0.2, 0.25) is 0 Å². The van der Waals surface area contributed by atoms with Crippen LogP contribution >= 0.6 is 11.3 Å². The average molecular weight is 337 g/mol. The number of piperidine rings is 1. The number of ether oxygens (including phenoxy) is 1. The third kappa shape index (κ3) is 3.41. The van der Waals surface area contributed by atoms with Crippen molar-refractivity contribution in [2.24, 2.45) is 5.92 Å².